The highest BCUT2D eigenvalue weighted by molar-refractivity contribution is 5.98. The van der Waals surface area contributed by atoms with E-state index in [4.69, 9.17) is 0 Å². The molecular formula is C10H14O. The van der Waals surface area contributed by atoms with Crippen molar-refractivity contribution in [3.05, 3.63) is 23.8 Å². The van der Waals surface area contributed by atoms with E-state index in [2.05, 4.69) is 13.5 Å². The van der Waals surface area contributed by atoms with Crippen LogP contribution in [0.15, 0.2) is 23.8 Å². The predicted octanol–water partition coefficient (Wildman–Crippen LogP) is 2.63. The van der Waals surface area contributed by atoms with Crippen molar-refractivity contribution in [2.75, 3.05) is 0 Å². The summed E-state index contributed by atoms with van der Waals surface area (Å²) in [7, 11) is 0. The van der Waals surface area contributed by atoms with Crippen molar-refractivity contribution < 1.29 is 4.79 Å². The Balaban J connectivity index is 2.80. The predicted molar refractivity (Wildman–Crippen MR) is 46.4 cm³/mol. The van der Waals surface area contributed by atoms with Gasteiger partial charge >= 0.3 is 0 Å². The summed E-state index contributed by atoms with van der Waals surface area (Å²) in [6, 6.07) is 0. The van der Waals surface area contributed by atoms with Gasteiger partial charge in [-0.25, -0.2) is 0 Å². The maximum absolute atomic E-state index is 11.2. The van der Waals surface area contributed by atoms with Crippen molar-refractivity contribution in [2.45, 2.75) is 32.6 Å². The molecule has 0 aromatic carbocycles. The van der Waals surface area contributed by atoms with E-state index in [1.165, 1.54) is 5.57 Å². The molecule has 0 aromatic rings. The molecule has 1 aliphatic rings. The molecule has 1 aliphatic carbocycles. The average molecular weight is 150 g/mol. The fourth-order valence-corrected chi connectivity index (χ4v) is 1.56. The molecule has 0 atom stereocenters. The number of carbonyl (C=O) groups excluding carboxylic acids is 1. The topological polar surface area (TPSA) is 17.1 Å². The van der Waals surface area contributed by atoms with E-state index in [1.807, 2.05) is 6.08 Å². The summed E-state index contributed by atoms with van der Waals surface area (Å²) in [6.45, 7) is 5.75. The Morgan fingerprint density at radius 3 is 2.82 bits per heavy atom. The molecule has 0 radical (unpaired) electrons. The lowest BCUT2D eigenvalue weighted by atomic mass is 10.1. The fraction of sp³-hybridized carbons (Fsp3) is 0.500. The lowest BCUT2D eigenvalue weighted by Gasteiger charge is -1.98. The molecule has 1 nitrogen and oxygen atoms in total. The zero-order valence-corrected chi connectivity index (χ0v) is 7.02. The van der Waals surface area contributed by atoms with Crippen LogP contribution in [0.25, 0.3) is 0 Å². The Morgan fingerprint density at radius 1 is 1.55 bits per heavy atom. The summed E-state index contributed by atoms with van der Waals surface area (Å²) in [5.41, 5.74) is 2.37. The zero-order valence-electron chi connectivity index (χ0n) is 7.02. The SMILES string of the molecule is C=CCC1=C(CC)CCC1=O. The van der Waals surface area contributed by atoms with Gasteiger partial charge in [0.1, 0.15) is 0 Å². The Labute approximate surface area is 67.8 Å². The van der Waals surface area contributed by atoms with Crippen LogP contribution in [0.2, 0.25) is 0 Å². The third-order valence-corrected chi connectivity index (χ3v) is 2.19. The van der Waals surface area contributed by atoms with Crippen molar-refractivity contribution in [2.24, 2.45) is 0 Å². The van der Waals surface area contributed by atoms with Gasteiger partial charge in [-0.1, -0.05) is 18.6 Å². The molecular weight excluding hydrogens is 136 g/mol. The van der Waals surface area contributed by atoms with Gasteiger partial charge in [-0.15, -0.1) is 6.58 Å². The second-order valence-electron chi connectivity index (χ2n) is 2.85. The Bertz CT molecular complexity index is 211. The standard InChI is InChI=1S/C10H14O/c1-3-5-9-8(4-2)6-7-10(9)11/h3H,1,4-7H2,2H3. The van der Waals surface area contributed by atoms with E-state index in [-0.39, 0.29) is 0 Å². The molecule has 0 unspecified atom stereocenters. The van der Waals surface area contributed by atoms with Gasteiger partial charge in [0.05, 0.1) is 0 Å². The zero-order chi connectivity index (χ0) is 8.27. The summed E-state index contributed by atoms with van der Waals surface area (Å²) in [6.07, 6.45) is 5.32. The molecule has 0 N–H and O–H groups in total. The van der Waals surface area contributed by atoms with Gasteiger partial charge in [0, 0.05) is 6.42 Å². The van der Waals surface area contributed by atoms with Crippen LogP contribution >= 0.6 is 0 Å². The smallest absolute Gasteiger partial charge is 0.159 e. The molecule has 0 spiro atoms. The van der Waals surface area contributed by atoms with E-state index in [0.717, 1.165) is 31.3 Å². The van der Waals surface area contributed by atoms with Gasteiger partial charge in [-0.3, -0.25) is 4.79 Å². The molecule has 0 amide bonds. The number of hydrogen-bond acceptors (Lipinski definition) is 1. The van der Waals surface area contributed by atoms with Crippen molar-refractivity contribution in [3.8, 4) is 0 Å². The van der Waals surface area contributed by atoms with Crippen LogP contribution in [0.5, 0.6) is 0 Å². The second kappa shape index (κ2) is 3.51. The molecule has 0 bridgehead atoms. The Morgan fingerprint density at radius 2 is 2.27 bits per heavy atom. The molecule has 1 rings (SSSR count). The fourth-order valence-electron chi connectivity index (χ4n) is 1.56. The Kier molecular flexibility index (Phi) is 2.64. The van der Waals surface area contributed by atoms with Crippen molar-refractivity contribution in [3.63, 3.8) is 0 Å². The first kappa shape index (κ1) is 8.25. The van der Waals surface area contributed by atoms with E-state index in [0.29, 0.717) is 5.78 Å². The van der Waals surface area contributed by atoms with Crippen LogP contribution < -0.4 is 0 Å². The van der Waals surface area contributed by atoms with Crippen molar-refractivity contribution >= 4 is 5.78 Å². The van der Waals surface area contributed by atoms with Gasteiger partial charge in [0.15, 0.2) is 5.78 Å². The third-order valence-electron chi connectivity index (χ3n) is 2.19. The van der Waals surface area contributed by atoms with Crippen molar-refractivity contribution in [1.82, 2.24) is 0 Å². The molecule has 1 heteroatoms. The highest BCUT2D eigenvalue weighted by Crippen LogP contribution is 2.27. The third kappa shape index (κ3) is 1.59. The first-order valence-corrected chi connectivity index (χ1v) is 4.14. The van der Waals surface area contributed by atoms with E-state index in [1.54, 1.807) is 0 Å². The van der Waals surface area contributed by atoms with Crippen LogP contribution in [-0.2, 0) is 4.79 Å². The summed E-state index contributed by atoms with van der Waals surface area (Å²) >= 11 is 0. The number of Topliss-reactive ketones (excluding diaryl/α,β-unsaturated/α-hetero) is 1. The quantitative estimate of drug-likeness (QED) is 0.565. The average Bonchev–Trinajstić information content (AvgIpc) is 2.34. The first-order chi connectivity index (χ1) is 5.29. The Hall–Kier alpha value is -0.850. The number of rotatable bonds is 3. The van der Waals surface area contributed by atoms with Gasteiger partial charge < -0.3 is 0 Å². The molecule has 11 heavy (non-hydrogen) atoms. The van der Waals surface area contributed by atoms with Gasteiger partial charge in [0.25, 0.3) is 0 Å². The molecule has 0 saturated carbocycles. The summed E-state index contributed by atoms with van der Waals surface area (Å²) in [4.78, 5) is 11.2. The van der Waals surface area contributed by atoms with E-state index in [9.17, 15) is 4.79 Å². The van der Waals surface area contributed by atoms with Gasteiger partial charge in [-0.2, -0.15) is 0 Å². The molecule has 0 aliphatic heterocycles. The summed E-state index contributed by atoms with van der Waals surface area (Å²) in [5.74, 6) is 0.335. The highest BCUT2D eigenvalue weighted by Gasteiger charge is 2.19. The minimum absolute atomic E-state index is 0.335. The van der Waals surface area contributed by atoms with Crippen LogP contribution in [0, 0.1) is 0 Å². The number of allylic oxidation sites excluding steroid dienone is 3. The van der Waals surface area contributed by atoms with E-state index >= 15 is 0 Å². The molecule has 0 fully saturated rings. The minimum atomic E-state index is 0.335. The number of ketones is 1. The minimum Gasteiger partial charge on any atom is -0.295 e. The maximum atomic E-state index is 11.2. The molecule has 0 aromatic heterocycles. The second-order valence-corrected chi connectivity index (χ2v) is 2.85. The summed E-state index contributed by atoms with van der Waals surface area (Å²) < 4.78 is 0. The lowest BCUT2D eigenvalue weighted by molar-refractivity contribution is -0.114. The molecule has 0 saturated heterocycles. The first-order valence-electron chi connectivity index (χ1n) is 4.14. The van der Waals surface area contributed by atoms with Crippen LogP contribution in [-0.4, -0.2) is 5.78 Å². The normalized spacial score (nSPS) is 17.7. The monoisotopic (exact) mass is 150 g/mol. The maximum Gasteiger partial charge on any atom is 0.159 e. The van der Waals surface area contributed by atoms with Crippen LogP contribution in [0.3, 0.4) is 0 Å². The van der Waals surface area contributed by atoms with Gasteiger partial charge in [-0.05, 0) is 24.8 Å². The van der Waals surface area contributed by atoms with Crippen LogP contribution in [0.1, 0.15) is 32.6 Å². The largest absolute Gasteiger partial charge is 0.295 e. The molecule has 60 valence electrons. The van der Waals surface area contributed by atoms with E-state index < -0.39 is 0 Å². The lowest BCUT2D eigenvalue weighted by Crippen LogP contribution is -1.94. The number of carbonyl (C=O) groups is 1. The van der Waals surface area contributed by atoms with Gasteiger partial charge in [0.2, 0.25) is 0 Å². The molecule has 0 heterocycles. The van der Waals surface area contributed by atoms with Crippen LogP contribution in [0.4, 0.5) is 0 Å². The van der Waals surface area contributed by atoms with Crippen molar-refractivity contribution in [1.29, 1.82) is 0 Å². The highest BCUT2D eigenvalue weighted by atomic mass is 16.1. The number of hydrogen-bond donors (Lipinski definition) is 0. The summed E-state index contributed by atoms with van der Waals surface area (Å²) in [5, 5.41) is 0.